The predicted octanol–water partition coefficient (Wildman–Crippen LogP) is 5.90. The van der Waals surface area contributed by atoms with Gasteiger partial charge in [0.15, 0.2) is 11.5 Å². The Bertz CT molecular complexity index is 1570. The molecule has 1 atom stereocenters. The van der Waals surface area contributed by atoms with Crippen LogP contribution in [0.3, 0.4) is 0 Å². The third kappa shape index (κ3) is 4.09. The summed E-state index contributed by atoms with van der Waals surface area (Å²) in [6, 6.07) is 5.48. The molecule has 2 N–H and O–H groups in total. The standard InChI is InChI=1S/C25H20ClF2N7O/c1-12-17(15-8-29-25(36-3)30-9-15)19(14-5-4-6-16(27)7-14)18(21(28)20(12)26)13(2)35-24-22-23(32-10-31-22)33-11-34-24/h4-11,13H,1-3H3,(H2,31,32,33,34,35). The number of benzene rings is 2. The SMILES string of the molecule is COc1ncc(-c2c(C)c(Cl)c(F)c(C(C)Nc3ncnc4[nH]cnc34)c2-c2cccc(F)c2)cn1. The summed E-state index contributed by atoms with van der Waals surface area (Å²) >= 11 is 6.53. The molecule has 0 aliphatic heterocycles. The largest absolute Gasteiger partial charge is 0.467 e. The third-order valence-electron chi connectivity index (χ3n) is 5.87. The molecule has 3 aromatic heterocycles. The molecule has 0 bridgehead atoms. The number of rotatable bonds is 6. The van der Waals surface area contributed by atoms with Crippen LogP contribution >= 0.6 is 11.6 Å². The van der Waals surface area contributed by atoms with E-state index >= 15 is 4.39 Å². The van der Waals surface area contributed by atoms with E-state index in [9.17, 15) is 4.39 Å². The Balaban J connectivity index is 1.76. The van der Waals surface area contributed by atoms with Crippen LogP contribution in [0, 0.1) is 18.6 Å². The maximum absolute atomic E-state index is 16.0. The van der Waals surface area contributed by atoms with E-state index in [1.807, 2.05) is 0 Å². The highest BCUT2D eigenvalue weighted by Crippen LogP contribution is 2.45. The molecule has 0 amide bonds. The number of hydrogen-bond donors (Lipinski definition) is 2. The number of halogens is 3. The second-order valence-corrected chi connectivity index (χ2v) is 8.45. The molecule has 0 radical (unpaired) electrons. The smallest absolute Gasteiger partial charge is 0.316 e. The lowest BCUT2D eigenvalue weighted by molar-refractivity contribution is 0.380. The summed E-state index contributed by atoms with van der Waals surface area (Å²) < 4.78 is 35.4. The molecule has 1 unspecified atom stereocenters. The fourth-order valence-electron chi connectivity index (χ4n) is 4.23. The molecule has 0 saturated heterocycles. The van der Waals surface area contributed by atoms with Crippen LogP contribution in [-0.4, -0.2) is 37.0 Å². The first-order valence-corrected chi connectivity index (χ1v) is 11.3. The van der Waals surface area contributed by atoms with Gasteiger partial charge in [-0.2, -0.15) is 0 Å². The van der Waals surface area contributed by atoms with Gasteiger partial charge in [0.2, 0.25) is 0 Å². The maximum atomic E-state index is 16.0. The highest BCUT2D eigenvalue weighted by atomic mass is 35.5. The normalized spacial score (nSPS) is 12.1. The van der Waals surface area contributed by atoms with E-state index in [1.165, 1.54) is 31.9 Å². The summed E-state index contributed by atoms with van der Waals surface area (Å²) in [6.45, 7) is 3.47. The molecule has 0 aliphatic rings. The van der Waals surface area contributed by atoms with Crippen LogP contribution < -0.4 is 10.1 Å². The molecule has 11 heteroatoms. The molecule has 5 rings (SSSR count). The monoisotopic (exact) mass is 507 g/mol. The van der Waals surface area contributed by atoms with E-state index in [0.717, 1.165) is 0 Å². The van der Waals surface area contributed by atoms with Gasteiger partial charge in [-0.3, -0.25) is 0 Å². The number of aromatic nitrogens is 6. The van der Waals surface area contributed by atoms with Gasteiger partial charge in [0.05, 0.1) is 24.5 Å². The zero-order valence-electron chi connectivity index (χ0n) is 19.5. The van der Waals surface area contributed by atoms with Crippen molar-refractivity contribution in [3.8, 4) is 28.3 Å². The summed E-state index contributed by atoms with van der Waals surface area (Å²) in [6.07, 6.45) is 6.00. The van der Waals surface area contributed by atoms with Gasteiger partial charge >= 0.3 is 6.01 Å². The number of nitrogens with one attached hydrogen (secondary N) is 2. The number of aromatic amines is 1. The minimum absolute atomic E-state index is 0.0581. The van der Waals surface area contributed by atoms with E-state index in [2.05, 4.69) is 35.2 Å². The van der Waals surface area contributed by atoms with Crippen LogP contribution in [0.15, 0.2) is 49.3 Å². The first kappa shape index (κ1) is 23.6. The van der Waals surface area contributed by atoms with Crippen LogP contribution in [0.2, 0.25) is 5.02 Å². The lowest BCUT2D eigenvalue weighted by Crippen LogP contribution is -2.14. The lowest BCUT2D eigenvalue weighted by atomic mass is 9.85. The number of ether oxygens (including phenoxy) is 1. The molecule has 2 aromatic carbocycles. The Morgan fingerprint density at radius 1 is 1.03 bits per heavy atom. The van der Waals surface area contributed by atoms with Crippen molar-refractivity contribution >= 4 is 28.6 Å². The number of methoxy groups -OCH3 is 1. The summed E-state index contributed by atoms with van der Waals surface area (Å²) in [4.78, 5) is 24.0. The van der Waals surface area contributed by atoms with Gasteiger partial charge in [-0.1, -0.05) is 23.7 Å². The van der Waals surface area contributed by atoms with Crippen LogP contribution in [-0.2, 0) is 0 Å². The third-order valence-corrected chi connectivity index (χ3v) is 6.32. The average Bonchev–Trinajstić information content (AvgIpc) is 3.37. The van der Waals surface area contributed by atoms with E-state index < -0.39 is 17.7 Å². The van der Waals surface area contributed by atoms with E-state index in [-0.39, 0.29) is 16.6 Å². The van der Waals surface area contributed by atoms with Gasteiger partial charge in [0.1, 0.15) is 23.5 Å². The van der Waals surface area contributed by atoms with Crippen molar-refractivity contribution in [1.29, 1.82) is 0 Å². The van der Waals surface area contributed by atoms with Gasteiger partial charge in [-0.25, -0.2) is 33.7 Å². The van der Waals surface area contributed by atoms with E-state index in [0.29, 0.717) is 44.8 Å². The predicted molar refractivity (Wildman–Crippen MR) is 133 cm³/mol. The van der Waals surface area contributed by atoms with Crippen molar-refractivity contribution in [2.45, 2.75) is 19.9 Å². The molecule has 0 spiro atoms. The first-order chi connectivity index (χ1) is 17.4. The number of nitrogens with zero attached hydrogens (tertiary/aromatic N) is 5. The summed E-state index contributed by atoms with van der Waals surface area (Å²) in [5, 5.41) is 3.16. The second-order valence-electron chi connectivity index (χ2n) is 8.07. The Labute approximate surface area is 209 Å². The van der Waals surface area contributed by atoms with Gasteiger partial charge in [-0.15, -0.1) is 0 Å². The van der Waals surface area contributed by atoms with Gasteiger partial charge in [0.25, 0.3) is 0 Å². The Morgan fingerprint density at radius 3 is 2.53 bits per heavy atom. The zero-order valence-corrected chi connectivity index (χ0v) is 20.2. The van der Waals surface area contributed by atoms with Gasteiger partial charge in [0, 0.05) is 23.5 Å². The number of fused-ring (bicyclic) bond motifs is 1. The van der Waals surface area contributed by atoms with Crippen LogP contribution in [0.25, 0.3) is 33.4 Å². The molecule has 182 valence electrons. The molecule has 3 heterocycles. The lowest BCUT2D eigenvalue weighted by Gasteiger charge is -2.25. The molecular weight excluding hydrogens is 488 g/mol. The minimum atomic E-state index is -0.658. The van der Waals surface area contributed by atoms with Crippen molar-refractivity contribution in [2.75, 3.05) is 12.4 Å². The molecule has 5 aromatic rings. The van der Waals surface area contributed by atoms with Crippen molar-refractivity contribution in [3.63, 3.8) is 0 Å². The second kappa shape index (κ2) is 9.46. The zero-order chi connectivity index (χ0) is 25.4. The van der Waals surface area contributed by atoms with Crippen molar-refractivity contribution < 1.29 is 13.5 Å². The van der Waals surface area contributed by atoms with Gasteiger partial charge in [-0.05, 0) is 48.2 Å². The highest BCUT2D eigenvalue weighted by molar-refractivity contribution is 6.32. The Kier molecular flexibility index (Phi) is 6.19. The quantitative estimate of drug-likeness (QED) is 0.295. The summed E-state index contributed by atoms with van der Waals surface area (Å²) in [5.74, 6) is -0.679. The number of imidazole rings is 1. The topological polar surface area (TPSA) is 102 Å². The van der Waals surface area contributed by atoms with Gasteiger partial charge < -0.3 is 15.0 Å². The Hall–Kier alpha value is -4.18. The fourth-order valence-corrected chi connectivity index (χ4v) is 4.43. The van der Waals surface area contributed by atoms with Crippen molar-refractivity contribution in [3.05, 3.63) is 77.1 Å². The van der Waals surface area contributed by atoms with Crippen LogP contribution in [0.1, 0.15) is 24.1 Å². The van der Waals surface area contributed by atoms with Crippen molar-refractivity contribution in [1.82, 2.24) is 29.9 Å². The Morgan fingerprint density at radius 2 is 1.81 bits per heavy atom. The summed E-state index contributed by atoms with van der Waals surface area (Å²) in [7, 11) is 1.46. The minimum Gasteiger partial charge on any atom is -0.467 e. The fraction of sp³-hybridized carbons (Fsp3) is 0.160. The van der Waals surface area contributed by atoms with Crippen LogP contribution in [0.5, 0.6) is 6.01 Å². The molecule has 0 saturated carbocycles. The molecule has 0 fully saturated rings. The maximum Gasteiger partial charge on any atom is 0.316 e. The molecule has 8 nitrogen and oxygen atoms in total. The summed E-state index contributed by atoms with van der Waals surface area (Å²) in [5.41, 5.74) is 3.79. The first-order valence-electron chi connectivity index (χ1n) is 10.9. The molecular formula is C25H20ClF2N7O. The van der Waals surface area contributed by atoms with E-state index in [1.54, 1.807) is 38.4 Å². The molecule has 0 aliphatic carbocycles. The number of hydrogen-bond acceptors (Lipinski definition) is 7. The highest BCUT2D eigenvalue weighted by Gasteiger charge is 2.28. The van der Waals surface area contributed by atoms with E-state index in [4.69, 9.17) is 16.3 Å². The van der Waals surface area contributed by atoms with Crippen LogP contribution in [0.4, 0.5) is 14.6 Å². The van der Waals surface area contributed by atoms with Crippen molar-refractivity contribution in [2.24, 2.45) is 0 Å². The molecule has 36 heavy (non-hydrogen) atoms. The number of H-pyrrole nitrogens is 1. The number of anilines is 1. The average molecular weight is 508 g/mol.